The molecule has 3 atom stereocenters. The van der Waals surface area contributed by atoms with Crippen LogP contribution >= 0.6 is 11.9 Å². The summed E-state index contributed by atoms with van der Waals surface area (Å²) < 4.78 is 4.25. The van der Waals surface area contributed by atoms with Crippen molar-refractivity contribution in [3.63, 3.8) is 0 Å². The lowest BCUT2D eigenvalue weighted by molar-refractivity contribution is 0.131. The van der Waals surface area contributed by atoms with Gasteiger partial charge in [0.05, 0.1) is 0 Å². The highest BCUT2D eigenvalue weighted by Gasteiger charge is 2.58. The highest BCUT2D eigenvalue weighted by atomic mass is 32.2. The average molecular weight is 253 g/mol. The topological polar surface area (TPSA) is 12.0 Å². The van der Waals surface area contributed by atoms with Gasteiger partial charge >= 0.3 is 0 Å². The molecule has 1 nitrogen and oxygen atoms in total. The van der Waals surface area contributed by atoms with Gasteiger partial charge in [-0.05, 0) is 70.1 Å². The summed E-state index contributed by atoms with van der Waals surface area (Å²) in [6, 6.07) is 0.827. The lowest BCUT2D eigenvalue weighted by Crippen LogP contribution is -2.46. The Bertz CT molecular complexity index is 288. The molecule has 3 unspecified atom stereocenters. The number of nitrogens with one attached hydrogen (secondary N) is 1. The first-order valence-electron chi connectivity index (χ1n) is 7.45. The molecule has 0 radical (unpaired) electrons. The predicted molar refractivity (Wildman–Crippen MR) is 76.0 cm³/mol. The molecule has 0 aliphatic heterocycles. The molecule has 0 aromatic rings. The van der Waals surface area contributed by atoms with Crippen LogP contribution < -0.4 is 4.72 Å². The molecule has 0 aromatic heterocycles. The molecule has 0 amide bonds. The lowest BCUT2D eigenvalue weighted by Gasteiger charge is -2.42. The molecule has 2 heteroatoms. The fourth-order valence-corrected chi connectivity index (χ4v) is 5.68. The first-order valence-corrected chi connectivity index (χ1v) is 8.26. The van der Waals surface area contributed by atoms with Gasteiger partial charge in [0, 0.05) is 10.8 Å². The highest BCUT2D eigenvalue weighted by Crippen LogP contribution is 2.63. The van der Waals surface area contributed by atoms with E-state index in [1.807, 2.05) is 11.9 Å². The summed E-state index contributed by atoms with van der Waals surface area (Å²) in [5, 5.41) is 0. The predicted octanol–water partition coefficient (Wildman–Crippen LogP) is 4.38. The molecule has 1 spiro atoms. The molecule has 0 saturated heterocycles. The lowest BCUT2D eigenvalue weighted by atomic mass is 9.69. The van der Waals surface area contributed by atoms with E-state index in [2.05, 4.69) is 25.5 Å². The van der Waals surface area contributed by atoms with Crippen LogP contribution in [-0.4, -0.2) is 10.8 Å². The minimum Gasteiger partial charge on any atom is -0.260 e. The third-order valence-electron chi connectivity index (χ3n) is 5.40. The Hall–Kier alpha value is 0.310. The second kappa shape index (κ2) is 4.16. The standard InChI is InChI=1S/C15H27NS/c1-14(2,3)17-16-13-11-6-7-12(10-11)15(13)8-4-5-9-15/h11-13,16H,4-10H2,1-3H3. The molecule has 3 aliphatic rings. The summed E-state index contributed by atoms with van der Waals surface area (Å²) in [5.74, 6) is 2.06. The number of hydrogen-bond donors (Lipinski definition) is 1. The summed E-state index contributed by atoms with van der Waals surface area (Å²) >= 11 is 1.98. The van der Waals surface area contributed by atoms with Crippen LogP contribution in [0.5, 0.6) is 0 Å². The van der Waals surface area contributed by atoms with E-state index in [-0.39, 0.29) is 0 Å². The van der Waals surface area contributed by atoms with E-state index in [4.69, 9.17) is 0 Å². The Morgan fingerprint density at radius 2 is 1.82 bits per heavy atom. The van der Waals surface area contributed by atoms with Crippen molar-refractivity contribution >= 4 is 11.9 Å². The summed E-state index contributed by atoms with van der Waals surface area (Å²) in [7, 11) is 0. The van der Waals surface area contributed by atoms with Crippen molar-refractivity contribution in [2.24, 2.45) is 17.3 Å². The maximum atomic E-state index is 3.90. The van der Waals surface area contributed by atoms with Crippen LogP contribution in [0, 0.1) is 17.3 Å². The van der Waals surface area contributed by atoms with Crippen LogP contribution in [0.15, 0.2) is 0 Å². The van der Waals surface area contributed by atoms with Gasteiger partial charge < -0.3 is 0 Å². The van der Waals surface area contributed by atoms with Crippen LogP contribution in [0.1, 0.15) is 65.7 Å². The van der Waals surface area contributed by atoms with Gasteiger partial charge in [0.1, 0.15) is 0 Å². The van der Waals surface area contributed by atoms with E-state index < -0.39 is 0 Å². The van der Waals surface area contributed by atoms with Gasteiger partial charge in [0.25, 0.3) is 0 Å². The summed E-state index contributed by atoms with van der Waals surface area (Å²) in [5.41, 5.74) is 0.709. The van der Waals surface area contributed by atoms with Crippen LogP contribution in [0.2, 0.25) is 0 Å². The SMILES string of the molecule is CC(C)(C)SNC1C2CCC(C2)C12CCCC2. The van der Waals surface area contributed by atoms with E-state index >= 15 is 0 Å². The fourth-order valence-electron chi connectivity index (χ4n) is 4.77. The van der Waals surface area contributed by atoms with Gasteiger partial charge in [-0.25, -0.2) is 0 Å². The first-order chi connectivity index (χ1) is 8.01. The molecule has 0 heterocycles. The number of rotatable bonds is 2. The van der Waals surface area contributed by atoms with Gasteiger partial charge in [0.2, 0.25) is 0 Å². The molecule has 17 heavy (non-hydrogen) atoms. The van der Waals surface area contributed by atoms with E-state index in [1.54, 1.807) is 0 Å². The van der Waals surface area contributed by atoms with Gasteiger partial charge in [0.15, 0.2) is 0 Å². The summed E-state index contributed by atoms with van der Waals surface area (Å²) in [6.07, 6.45) is 10.6. The minimum absolute atomic E-state index is 0.349. The van der Waals surface area contributed by atoms with E-state index in [1.165, 1.54) is 44.9 Å². The van der Waals surface area contributed by atoms with Crippen molar-refractivity contribution in [1.29, 1.82) is 0 Å². The summed E-state index contributed by atoms with van der Waals surface area (Å²) in [4.78, 5) is 0. The molecular weight excluding hydrogens is 226 g/mol. The van der Waals surface area contributed by atoms with Crippen LogP contribution in [-0.2, 0) is 0 Å². The van der Waals surface area contributed by atoms with Gasteiger partial charge in [-0.2, -0.15) is 0 Å². The third-order valence-corrected chi connectivity index (χ3v) is 6.39. The second-order valence-electron chi connectivity index (χ2n) is 7.52. The Morgan fingerprint density at radius 1 is 1.12 bits per heavy atom. The van der Waals surface area contributed by atoms with E-state index in [0.717, 1.165) is 17.9 Å². The summed E-state index contributed by atoms with van der Waals surface area (Å²) in [6.45, 7) is 6.96. The van der Waals surface area contributed by atoms with Crippen molar-refractivity contribution < 1.29 is 0 Å². The maximum Gasteiger partial charge on any atom is 0.0259 e. The maximum absolute atomic E-state index is 3.90. The zero-order chi connectivity index (χ0) is 12.1. The monoisotopic (exact) mass is 253 g/mol. The zero-order valence-electron chi connectivity index (χ0n) is 11.6. The van der Waals surface area contributed by atoms with Crippen molar-refractivity contribution in [1.82, 2.24) is 4.72 Å². The molecule has 1 N–H and O–H groups in total. The number of hydrogen-bond acceptors (Lipinski definition) is 2. The fraction of sp³-hybridized carbons (Fsp3) is 1.00. The van der Waals surface area contributed by atoms with Crippen molar-refractivity contribution in [3.8, 4) is 0 Å². The van der Waals surface area contributed by atoms with E-state index in [0.29, 0.717) is 10.2 Å². The zero-order valence-corrected chi connectivity index (χ0v) is 12.4. The quantitative estimate of drug-likeness (QED) is 0.733. The van der Waals surface area contributed by atoms with Gasteiger partial charge in [-0.15, -0.1) is 0 Å². The Kier molecular flexibility index (Phi) is 3.02. The van der Waals surface area contributed by atoms with Gasteiger partial charge in [-0.1, -0.05) is 24.8 Å². The minimum atomic E-state index is 0.349. The first kappa shape index (κ1) is 12.3. The van der Waals surface area contributed by atoms with Crippen molar-refractivity contribution in [3.05, 3.63) is 0 Å². The van der Waals surface area contributed by atoms with Crippen molar-refractivity contribution in [2.75, 3.05) is 0 Å². The third kappa shape index (κ3) is 2.06. The Balaban J connectivity index is 1.73. The van der Waals surface area contributed by atoms with E-state index in [9.17, 15) is 0 Å². The largest absolute Gasteiger partial charge is 0.260 e. The van der Waals surface area contributed by atoms with Crippen LogP contribution in [0.25, 0.3) is 0 Å². The molecule has 3 aliphatic carbocycles. The Morgan fingerprint density at radius 3 is 2.47 bits per heavy atom. The molecule has 3 rings (SSSR count). The molecule has 3 fully saturated rings. The molecule has 98 valence electrons. The molecular formula is C15H27NS. The molecule has 3 saturated carbocycles. The highest BCUT2D eigenvalue weighted by molar-refractivity contribution is 7.98. The van der Waals surface area contributed by atoms with Crippen molar-refractivity contribution in [2.45, 2.75) is 76.5 Å². The smallest absolute Gasteiger partial charge is 0.0259 e. The van der Waals surface area contributed by atoms with Crippen LogP contribution in [0.3, 0.4) is 0 Å². The van der Waals surface area contributed by atoms with Gasteiger partial charge in [-0.3, -0.25) is 4.72 Å². The Labute approximate surface area is 111 Å². The number of fused-ring (bicyclic) bond motifs is 3. The normalized spacial score (nSPS) is 39.4. The molecule has 2 bridgehead atoms. The second-order valence-corrected chi connectivity index (χ2v) is 9.18. The molecule has 0 aromatic carbocycles. The average Bonchev–Trinajstić information content (AvgIpc) is 2.89. The van der Waals surface area contributed by atoms with Crippen LogP contribution in [0.4, 0.5) is 0 Å².